The van der Waals surface area contributed by atoms with Gasteiger partial charge in [-0.25, -0.2) is 19.2 Å². The van der Waals surface area contributed by atoms with Crippen LogP contribution in [0.1, 0.15) is 34.5 Å². The molecule has 0 aliphatic heterocycles. The molecule has 0 radical (unpaired) electrons. The van der Waals surface area contributed by atoms with Crippen LogP contribution in [0, 0.1) is 11.7 Å². The predicted molar refractivity (Wildman–Crippen MR) is 153 cm³/mol. The van der Waals surface area contributed by atoms with Gasteiger partial charge in [0.25, 0.3) is 0 Å². The molecule has 1 unspecified atom stereocenters. The monoisotopic (exact) mass is 591 g/mol. The molecule has 1 aliphatic rings. The molecule has 1 saturated carbocycles. The molecule has 1 aliphatic carbocycles. The van der Waals surface area contributed by atoms with E-state index >= 15 is 0 Å². The van der Waals surface area contributed by atoms with Gasteiger partial charge in [-0.15, -0.1) is 0 Å². The van der Waals surface area contributed by atoms with Crippen LogP contribution in [-0.2, 0) is 4.74 Å². The summed E-state index contributed by atoms with van der Waals surface area (Å²) in [4.78, 5) is 21.4. The lowest BCUT2D eigenvalue weighted by Gasteiger charge is -2.27. The molecule has 2 aromatic heterocycles. The number of carbonyl (C=O) groups excluding carboxylic acids is 1. The summed E-state index contributed by atoms with van der Waals surface area (Å²) in [7, 11) is 0. The first-order chi connectivity index (χ1) is 19.8. The van der Waals surface area contributed by atoms with Crippen molar-refractivity contribution in [1.82, 2.24) is 14.5 Å². The summed E-state index contributed by atoms with van der Waals surface area (Å²) in [6, 6.07) is 22.8. The van der Waals surface area contributed by atoms with Crippen molar-refractivity contribution in [2.24, 2.45) is 5.92 Å². The third-order valence-corrected chi connectivity index (χ3v) is 8.16. The minimum Gasteiger partial charge on any atom is -0.453 e. The van der Waals surface area contributed by atoms with E-state index in [1.165, 1.54) is 17.1 Å². The highest BCUT2D eigenvalue weighted by atomic mass is 35.5. The van der Waals surface area contributed by atoms with Gasteiger partial charge in [0.15, 0.2) is 5.82 Å². The van der Waals surface area contributed by atoms with Gasteiger partial charge < -0.3 is 19.5 Å². The molecule has 2 N–H and O–H groups in total. The molecular formula is C31H24Cl2FN3O4. The molecule has 2 heterocycles. The van der Waals surface area contributed by atoms with Gasteiger partial charge in [-0.3, -0.25) is 0 Å². The number of halogens is 3. The highest BCUT2D eigenvalue weighted by Crippen LogP contribution is 2.45. The standard InChI is InChI=1S/C31H24Cl2FN3O4/c32-21-12-10-19(11-13-21)28(41-31(40)20-8-6-18(7-9-20)17-4-2-1-3-5-17)22-14-24(27(39)26(22)38)37-15-23(34)25-29(33)35-16-36-30(25)37/h1-13,15-16,22,24,26-28,38-39H,14H2/t22-,24+,26+,27-,28?/m0/s1. The Morgan fingerprint density at radius 2 is 1.61 bits per heavy atom. The minimum absolute atomic E-state index is 0.0268. The molecule has 41 heavy (non-hydrogen) atoms. The molecule has 1 fully saturated rings. The lowest BCUT2D eigenvalue weighted by atomic mass is 9.92. The largest absolute Gasteiger partial charge is 0.453 e. The van der Waals surface area contributed by atoms with Gasteiger partial charge in [-0.05, 0) is 47.4 Å². The van der Waals surface area contributed by atoms with E-state index in [0.717, 1.165) is 11.1 Å². The summed E-state index contributed by atoms with van der Waals surface area (Å²) >= 11 is 12.2. The van der Waals surface area contributed by atoms with Crippen molar-refractivity contribution in [2.75, 3.05) is 0 Å². The number of hydrogen-bond acceptors (Lipinski definition) is 6. The van der Waals surface area contributed by atoms with E-state index in [1.54, 1.807) is 36.4 Å². The van der Waals surface area contributed by atoms with Crippen molar-refractivity contribution >= 4 is 40.2 Å². The number of aromatic nitrogens is 3. The normalized spacial score (nSPS) is 21.2. The van der Waals surface area contributed by atoms with E-state index in [0.29, 0.717) is 16.1 Å². The maximum absolute atomic E-state index is 14.8. The average Bonchev–Trinajstić information content (AvgIpc) is 3.48. The molecule has 3 aromatic carbocycles. The van der Waals surface area contributed by atoms with E-state index in [1.807, 2.05) is 42.5 Å². The van der Waals surface area contributed by atoms with Crippen LogP contribution in [0.4, 0.5) is 4.39 Å². The fourth-order valence-electron chi connectivity index (χ4n) is 5.54. The van der Waals surface area contributed by atoms with Crippen LogP contribution in [0.3, 0.4) is 0 Å². The van der Waals surface area contributed by atoms with Crippen molar-refractivity contribution in [3.05, 3.63) is 119 Å². The quantitative estimate of drug-likeness (QED) is 0.174. The topological polar surface area (TPSA) is 97.5 Å². The number of aliphatic hydroxyl groups is 2. The lowest BCUT2D eigenvalue weighted by Crippen LogP contribution is -2.32. The smallest absolute Gasteiger partial charge is 0.338 e. The summed E-state index contributed by atoms with van der Waals surface area (Å²) in [5.41, 5.74) is 3.08. The van der Waals surface area contributed by atoms with E-state index in [9.17, 15) is 19.4 Å². The molecule has 208 valence electrons. The van der Waals surface area contributed by atoms with Gasteiger partial charge >= 0.3 is 5.97 Å². The summed E-state index contributed by atoms with van der Waals surface area (Å²) in [5.74, 6) is -1.97. The number of carbonyl (C=O) groups is 1. The number of aliphatic hydroxyl groups excluding tert-OH is 2. The van der Waals surface area contributed by atoms with Gasteiger partial charge in [0.2, 0.25) is 0 Å². The number of fused-ring (bicyclic) bond motifs is 1. The highest BCUT2D eigenvalue weighted by molar-refractivity contribution is 6.34. The predicted octanol–water partition coefficient (Wildman–Crippen LogP) is 6.43. The Bertz CT molecular complexity index is 1700. The molecule has 10 heteroatoms. The first kappa shape index (κ1) is 27.4. The van der Waals surface area contributed by atoms with E-state index in [2.05, 4.69) is 9.97 Å². The van der Waals surface area contributed by atoms with Crippen LogP contribution >= 0.6 is 23.2 Å². The van der Waals surface area contributed by atoms with Gasteiger partial charge in [0, 0.05) is 17.1 Å². The van der Waals surface area contributed by atoms with Gasteiger partial charge in [0.05, 0.1) is 23.1 Å². The van der Waals surface area contributed by atoms with Gasteiger partial charge in [0.1, 0.15) is 29.3 Å². The number of hydrogen-bond donors (Lipinski definition) is 2. The van der Waals surface area contributed by atoms with E-state index < -0.39 is 42.1 Å². The van der Waals surface area contributed by atoms with Crippen LogP contribution < -0.4 is 0 Å². The zero-order valence-corrected chi connectivity index (χ0v) is 23.0. The maximum atomic E-state index is 14.8. The number of nitrogens with zero attached hydrogens (tertiary/aromatic N) is 3. The summed E-state index contributed by atoms with van der Waals surface area (Å²) < 4.78 is 22.3. The Morgan fingerprint density at radius 1 is 0.927 bits per heavy atom. The van der Waals surface area contributed by atoms with E-state index in [4.69, 9.17) is 27.9 Å². The van der Waals surface area contributed by atoms with Gasteiger partial charge in [-0.2, -0.15) is 0 Å². The van der Waals surface area contributed by atoms with Crippen molar-refractivity contribution in [3.63, 3.8) is 0 Å². The lowest BCUT2D eigenvalue weighted by molar-refractivity contribution is -0.0391. The molecular weight excluding hydrogens is 568 g/mol. The van der Waals surface area contributed by atoms with Crippen LogP contribution in [0.15, 0.2) is 91.4 Å². The number of ether oxygens (including phenoxy) is 1. The van der Waals surface area contributed by atoms with Crippen LogP contribution in [0.5, 0.6) is 0 Å². The van der Waals surface area contributed by atoms with Crippen molar-refractivity contribution < 1.29 is 24.1 Å². The van der Waals surface area contributed by atoms with Crippen LogP contribution in [0.25, 0.3) is 22.2 Å². The van der Waals surface area contributed by atoms with Crippen molar-refractivity contribution in [2.45, 2.75) is 30.8 Å². The maximum Gasteiger partial charge on any atom is 0.338 e. The Balaban J connectivity index is 1.31. The minimum atomic E-state index is -1.30. The third-order valence-electron chi connectivity index (χ3n) is 7.62. The van der Waals surface area contributed by atoms with Crippen molar-refractivity contribution in [1.29, 1.82) is 0 Å². The fourth-order valence-corrected chi connectivity index (χ4v) is 5.89. The second-order valence-electron chi connectivity index (χ2n) is 10.0. The molecule has 6 rings (SSSR count). The number of esters is 1. The highest BCUT2D eigenvalue weighted by Gasteiger charge is 2.48. The average molecular weight is 592 g/mol. The molecule has 0 saturated heterocycles. The zero-order valence-electron chi connectivity index (χ0n) is 21.4. The van der Waals surface area contributed by atoms with Crippen molar-refractivity contribution in [3.8, 4) is 11.1 Å². The zero-order chi connectivity index (χ0) is 28.7. The Morgan fingerprint density at radius 3 is 2.32 bits per heavy atom. The van der Waals surface area contributed by atoms with Crippen LogP contribution in [-0.4, -0.2) is 42.9 Å². The summed E-state index contributed by atoms with van der Waals surface area (Å²) in [6.07, 6.45) is -0.994. The molecule has 5 atom stereocenters. The molecule has 0 spiro atoms. The summed E-state index contributed by atoms with van der Waals surface area (Å²) in [6.45, 7) is 0. The SMILES string of the molecule is O=C(OC(c1ccc(Cl)cc1)[C@H]1C[C@@H](n2cc(F)c3c(Cl)ncnc32)[C@H](O)[C@@H]1O)c1ccc(-c2ccccc2)cc1. The molecule has 0 amide bonds. The first-order valence-electron chi connectivity index (χ1n) is 13.0. The Hall–Kier alpha value is -3.82. The third kappa shape index (κ3) is 5.20. The molecule has 5 aromatic rings. The number of benzene rings is 3. The molecule has 7 nitrogen and oxygen atoms in total. The Kier molecular flexibility index (Phi) is 7.48. The van der Waals surface area contributed by atoms with Crippen LogP contribution in [0.2, 0.25) is 10.2 Å². The second-order valence-corrected chi connectivity index (χ2v) is 10.8. The molecule has 0 bridgehead atoms. The Labute approximate surface area is 244 Å². The van der Waals surface area contributed by atoms with Gasteiger partial charge in [-0.1, -0.05) is 77.8 Å². The summed E-state index contributed by atoms with van der Waals surface area (Å²) in [5, 5.41) is 22.8. The second kappa shape index (κ2) is 11.2. The fraction of sp³-hybridized carbons (Fsp3) is 0.194. The number of rotatable bonds is 6. The van der Waals surface area contributed by atoms with E-state index in [-0.39, 0.29) is 22.6 Å². The first-order valence-corrected chi connectivity index (χ1v) is 13.7.